The van der Waals surface area contributed by atoms with Crippen molar-refractivity contribution in [3.05, 3.63) is 47.3 Å². The fourth-order valence-corrected chi connectivity index (χ4v) is 4.02. The highest BCUT2D eigenvalue weighted by molar-refractivity contribution is 7.97. The summed E-state index contributed by atoms with van der Waals surface area (Å²) in [7, 11) is 1.73. The molecule has 6 heteroatoms. The lowest BCUT2D eigenvalue weighted by Crippen LogP contribution is -2.25. The minimum Gasteiger partial charge on any atom is -0.496 e. The molecule has 0 spiro atoms. The van der Waals surface area contributed by atoms with Crippen molar-refractivity contribution in [2.75, 3.05) is 13.7 Å². The molecule has 0 unspecified atom stereocenters. The summed E-state index contributed by atoms with van der Waals surface area (Å²) in [6.45, 7) is 3.96. The van der Waals surface area contributed by atoms with Crippen molar-refractivity contribution in [3.8, 4) is 5.75 Å². The van der Waals surface area contributed by atoms with Crippen LogP contribution in [0.1, 0.15) is 16.7 Å². The highest BCUT2D eigenvalue weighted by atomic mass is 32.2. The van der Waals surface area contributed by atoms with Crippen LogP contribution >= 0.6 is 11.9 Å². The molecule has 1 aliphatic heterocycles. The average molecular weight is 326 g/mol. The van der Waals surface area contributed by atoms with Crippen molar-refractivity contribution in [3.63, 3.8) is 0 Å². The van der Waals surface area contributed by atoms with E-state index in [2.05, 4.69) is 44.6 Å². The van der Waals surface area contributed by atoms with E-state index >= 15 is 0 Å². The molecule has 0 atom stereocenters. The maximum Gasteiger partial charge on any atom is 0.155 e. The third-order valence-corrected chi connectivity index (χ3v) is 5.29. The molecule has 1 aliphatic rings. The number of rotatable bonds is 3. The topological polar surface area (TPSA) is 54.0 Å². The molecule has 0 saturated heterocycles. The molecule has 0 aliphatic carbocycles. The Morgan fingerprint density at radius 3 is 3.09 bits per heavy atom. The molecule has 1 aromatic carbocycles. The van der Waals surface area contributed by atoms with Gasteiger partial charge in [-0.1, -0.05) is 6.07 Å². The van der Waals surface area contributed by atoms with Gasteiger partial charge in [0, 0.05) is 24.7 Å². The number of aromatic nitrogens is 3. The number of pyridine rings is 1. The third-order valence-electron chi connectivity index (χ3n) is 4.19. The Bertz CT molecular complexity index is 861. The number of hydrogen-bond acceptors (Lipinski definition) is 5. The largest absolute Gasteiger partial charge is 0.496 e. The minimum atomic E-state index is 0.880. The summed E-state index contributed by atoms with van der Waals surface area (Å²) in [5.41, 5.74) is 4.74. The van der Waals surface area contributed by atoms with Crippen LogP contribution in [0.4, 0.5) is 0 Å². The lowest BCUT2D eigenvalue weighted by atomic mass is 10.0. The molecule has 4 rings (SSSR count). The zero-order chi connectivity index (χ0) is 15.8. The molecule has 0 bridgehead atoms. The van der Waals surface area contributed by atoms with Gasteiger partial charge >= 0.3 is 0 Å². The Morgan fingerprint density at radius 2 is 2.22 bits per heavy atom. The van der Waals surface area contributed by atoms with Crippen molar-refractivity contribution >= 4 is 23.0 Å². The fraction of sp³-hybridized carbons (Fsp3) is 0.294. The van der Waals surface area contributed by atoms with Gasteiger partial charge in [0.25, 0.3) is 0 Å². The van der Waals surface area contributed by atoms with Gasteiger partial charge in [-0.2, -0.15) is 5.10 Å². The van der Waals surface area contributed by atoms with Crippen LogP contribution < -0.4 is 4.74 Å². The van der Waals surface area contributed by atoms with E-state index in [1.807, 2.05) is 12.4 Å². The lowest BCUT2D eigenvalue weighted by Gasteiger charge is -2.28. The normalized spacial score (nSPS) is 14.9. The van der Waals surface area contributed by atoms with Crippen LogP contribution in [-0.2, 0) is 13.0 Å². The molecule has 3 aromatic rings. The minimum absolute atomic E-state index is 0.880. The maximum absolute atomic E-state index is 5.51. The number of benzene rings is 1. The average Bonchev–Trinajstić information content (AvgIpc) is 3.05. The van der Waals surface area contributed by atoms with Crippen LogP contribution in [0.2, 0.25) is 0 Å². The van der Waals surface area contributed by atoms with Crippen LogP contribution in [0.25, 0.3) is 11.0 Å². The Kier molecular flexibility index (Phi) is 3.71. The molecular formula is C17H18N4OS. The second-order valence-electron chi connectivity index (χ2n) is 5.75. The monoisotopic (exact) mass is 326 g/mol. The molecule has 0 fully saturated rings. The second kappa shape index (κ2) is 5.86. The summed E-state index contributed by atoms with van der Waals surface area (Å²) in [6, 6.07) is 6.34. The first-order valence-corrected chi connectivity index (χ1v) is 8.39. The molecule has 0 radical (unpaired) electrons. The van der Waals surface area contributed by atoms with Gasteiger partial charge < -0.3 is 4.74 Å². The summed E-state index contributed by atoms with van der Waals surface area (Å²) >= 11 is 1.75. The summed E-state index contributed by atoms with van der Waals surface area (Å²) in [4.78, 5) is 5.61. The molecule has 2 aromatic heterocycles. The zero-order valence-electron chi connectivity index (χ0n) is 13.2. The molecule has 1 N–H and O–H groups in total. The van der Waals surface area contributed by atoms with Crippen LogP contribution in [-0.4, -0.2) is 33.1 Å². The first-order chi connectivity index (χ1) is 11.2. The van der Waals surface area contributed by atoms with Crippen molar-refractivity contribution in [1.82, 2.24) is 19.5 Å². The van der Waals surface area contributed by atoms with Crippen LogP contribution in [0.15, 0.2) is 35.5 Å². The number of fused-ring (bicyclic) bond motifs is 3. The van der Waals surface area contributed by atoms with Gasteiger partial charge in [-0.25, -0.2) is 9.29 Å². The second-order valence-corrected chi connectivity index (χ2v) is 6.89. The smallest absolute Gasteiger partial charge is 0.155 e. The van der Waals surface area contributed by atoms with E-state index in [0.717, 1.165) is 41.2 Å². The summed E-state index contributed by atoms with van der Waals surface area (Å²) in [5.74, 6) is 0.934. The molecule has 0 saturated carbocycles. The van der Waals surface area contributed by atoms with Gasteiger partial charge in [0.15, 0.2) is 5.65 Å². The Balaban J connectivity index is 1.59. The molecular weight excluding hydrogens is 308 g/mol. The first kappa shape index (κ1) is 14.5. The summed E-state index contributed by atoms with van der Waals surface area (Å²) < 4.78 is 7.88. The number of aromatic amines is 1. The number of nitrogens with zero attached hydrogens (tertiary/aromatic N) is 3. The number of aryl methyl sites for hydroxylation is 1. The zero-order valence-corrected chi connectivity index (χ0v) is 14.0. The van der Waals surface area contributed by atoms with Crippen LogP contribution in [0.5, 0.6) is 5.75 Å². The van der Waals surface area contributed by atoms with Crippen molar-refractivity contribution in [2.24, 2.45) is 0 Å². The number of ether oxygens (including phenoxy) is 1. The van der Waals surface area contributed by atoms with Crippen molar-refractivity contribution in [1.29, 1.82) is 0 Å². The Morgan fingerprint density at radius 1 is 1.30 bits per heavy atom. The predicted molar refractivity (Wildman–Crippen MR) is 91.6 cm³/mol. The molecule has 118 valence electrons. The summed E-state index contributed by atoms with van der Waals surface area (Å²) in [6.07, 6.45) is 4.86. The van der Waals surface area contributed by atoms with Gasteiger partial charge in [-0.05, 0) is 54.1 Å². The molecule has 3 heterocycles. The Labute approximate surface area is 139 Å². The van der Waals surface area contributed by atoms with E-state index in [1.165, 1.54) is 16.7 Å². The van der Waals surface area contributed by atoms with E-state index in [0.29, 0.717) is 0 Å². The van der Waals surface area contributed by atoms with Crippen LogP contribution in [0, 0.1) is 6.92 Å². The van der Waals surface area contributed by atoms with E-state index < -0.39 is 0 Å². The quantitative estimate of drug-likeness (QED) is 0.748. The third kappa shape index (κ3) is 2.68. The van der Waals surface area contributed by atoms with Gasteiger partial charge in [0.2, 0.25) is 0 Å². The van der Waals surface area contributed by atoms with E-state index in [-0.39, 0.29) is 0 Å². The highest BCUT2D eigenvalue weighted by Crippen LogP contribution is 2.36. The number of methoxy groups -OCH3 is 1. The number of nitrogens with one attached hydrogen (secondary N) is 1. The summed E-state index contributed by atoms with van der Waals surface area (Å²) in [5, 5.41) is 8.20. The molecule has 23 heavy (non-hydrogen) atoms. The first-order valence-electron chi connectivity index (χ1n) is 7.62. The Hall–Kier alpha value is -2.05. The SMILES string of the molecule is COc1cc(C)ccc1SN1CCc2c(cnc3[nH]ncc23)C1. The van der Waals surface area contributed by atoms with E-state index in [4.69, 9.17) is 4.74 Å². The van der Waals surface area contributed by atoms with Gasteiger partial charge in [0.1, 0.15) is 5.75 Å². The maximum atomic E-state index is 5.51. The van der Waals surface area contributed by atoms with E-state index in [1.54, 1.807) is 19.1 Å². The van der Waals surface area contributed by atoms with Gasteiger partial charge in [0.05, 0.1) is 18.2 Å². The highest BCUT2D eigenvalue weighted by Gasteiger charge is 2.21. The number of hydrogen-bond donors (Lipinski definition) is 1. The molecule has 0 amide bonds. The lowest BCUT2D eigenvalue weighted by molar-refractivity contribution is 0.401. The standard InChI is InChI=1S/C17H18N4OS/c1-11-3-4-16(15(7-11)22-2)23-21-6-5-13-12(10-21)8-18-17-14(13)9-19-20-17/h3-4,7-9H,5-6,10H2,1-2H3,(H,18,19,20). The molecule has 5 nitrogen and oxygen atoms in total. The predicted octanol–water partition coefficient (Wildman–Crippen LogP) is 3.34. The van der Waals surface area contributed by atoms with Crippen molar-refractivity contribution in [2.45, 2.75) is 24.8 Å². The van der Waals surface area contributed by atoms with Crippen molar-refractivity contribution < 1.29 is 4.74 Å². The van der Waals surface area contributed by atoms with Gasteiger partial charge in [-0.3, -0.25) is 5.10 Å². The number of H-pyrrole nitrogens is 1. The van der Waals surface area contributed by atoms with Gasteiger partial charge in [-0.15, -0.1) is 0 Å². The van der Waals surface area contributed by atoms with E-state index in [9.17, 15) is 0 Å². The fourth-order valence-electron chi connectivity index (χ4n) is 3.00. The van der Waals surface area contributed by atoms with Crippen LogP contribution in [0.3, 0.4) is 0 Å².